The Morgan fingerprint density at radius 2 is 1.94 bits per heavy atom. The maximum Gasteiger partial charge on any atom is 0.123 e. The molecule has 2 aliphatic rings. The van der Waals surface area contributed by atoms with Gasteiger partial charge in [-0.1, -0.05) is 55.0 Å². The summed E-state index contributed by atoms with van der Waals surface area (Å²) in [6.45, 7) is 2.29. The van der Waals surface area contributed by atoms with E-state index in [0.29, 0.717) is 0 Å². The number of allylic oxidation sites excluding steroid dienone is 1. The molecule has 0 saturated heterocycles. The Morgan fingerprint density at radius 3 is 2.71 bits per heavy atom. The summed E-state index contributed by atoms with van der Waals surface area (Å²) < 4.78 is 15.3. The fraction of sp³-hybridized carbons (Fsp3) is 0.296. The van der Waals surface area contributed by atoms with Gasteiger partial charge >= 0.3 is 0 Å². The predicted molar refractivity (Wildman–Crippen MR) is 122 cm³/mol. The van der Waals surface area contributed by atoms with Gasteiger partial charge in [-0.2, -0.15) is 5.10 Å². The first-order valence-electron chi connectivity index (χ1n) is 11.0. The van der Waals surface area contributed by atoms with E-state index in [1.165, 1.54) is 23.3 Å². The standard InChI is InChI=1S/C27H27FN2O/c1-27-17-20-18-29-30(23-13-11-22(28)12-14-23)25(20)16-21(27)8-5-9-24(27)26(31)15-10-19-6-3-2-4-7-19/h2-4,6-7,10-16,18,24,26,31H,5,8-9,17H2,1H3/b15-10+/t24-,26+,27+/m1/s1. The molecule has 1 heterocycles. The average Bonchev–Trinajstić information content (AvgIpc) is 3.18. The Hall–Kier alpha value is -2.98. The third kappa shape index (κ3) is 3.66. The fourth-order valence-corrected chi connectivity index (χ4v) is 5.32. The largest absolute Gasteiger partial charge is 0.389 e. The van der Waals surface area contributed by atoms with E-state index in [2.05, 4.69) is 18.1 Å². The lowest BCUT2D eigenvalue weighted by Gasteiger charge is -2.47. The van der Waals surface area contributed by atoms with Gasteiger partial charge in [0.1, 0.15) is 5.82 Å². The molecule has 1 saturated carbocycles. The Bertz CT molecular complexity index is 1130. The molecule has 5 rings (SSSR count). The molecule has 0 radical (unpaired) electrons. The van der Waals surface area contributed by atoms with E-state index in [0.717, 1.165) is 42.6 Å². The Kier molecular flexibility index (Phi) is 5.11. The fourth-order valence-electron chi connectivity index (χ4n) is 5.32. The molecule has 1 aromatic heterocycles. The average molecular weight is 415 g/mol. The molecule has 1 N–H and O–H groups in total. The number of aromatic nitrogens is 2. The topological polar surface area (TPSA) is 38.0 Å². The highest BCUT2D eigenvalue weighted by Crippen LogP contribution is 2.52. The summed E-state index contributed by atoms with van der Waals surface area (Å²) in [6.07, 6.45) is 11.6. The van der Waals surface area contributed by atoms with Gasteiger partial charge in [0.2, 0.25) is 0 Å². The van der Waals surface area contributed by atoms with Gasteiger partial charge in [-0.3, -0.25) is 0 Å². The van der Waals surface area contributed by atoms with E-state index in [1.54, 1.807) is 12.1 Å². The van der Waals surface area contributed by atoms with Crippen molar-refractivity contribution in [2.75, 3.05) is 0 Å². The summed E-state index contributed by atoms with van der Waals surface area (Å²) >= 11 is 0. The number of benzene rings is 2. The van der Waals surface area contributed by atoms with Crippen molar-refractivity contribution in [2.45, 2.75) is 38.7 Å². The third-order valence-corrected chi connectivity index (χ3v) is 7.04. The molecule has 3 atom stereocenters. The lowest BCUT2D eigenvalue weighted by molar-refractivity contribution is 0.0535. The van der Waals surface area contributed by atoms with Crippen LogP contribution in [0.5, 0.6) is 0 Å². The van der Waals surface area contributed by atoms with Crippen molar-refractivity contribution in [3.63, 3.8) is 0 Å². The zero-order valence-electron chi connectivity index (χ0n) is 17.7. The number of halogens is 1. The minimum absolute atomic E-state index is 0.0949. The Labute approximate surface area is 182 Å². The first-order chi connectivity index (χ1) is 15.0. The smallest absolute Gasteiger partial charge is 0.123 e. The first kappa shape index (κ1) is 20.0. The molecule has 2 aromatic carbocycles. The van der Waals surface area contributed by atoms with E-state index in [4.69, 9.17) is 0 Å². The maximum absolute atomic E-state index is 13.4. The van der Waals surface area contributed by atoms with Crippen LogP contribution in [0.1, 0.15) is 43.0 Å². The second-order valence-electron chi connectivity index (χ2n) is 8.97. The summed E-state index contributed by atoms with van der Waals surface area (Å²) in [6, 6.07) is 16.6. The zero-order valence-corrected chi connectivity index (χ0v) is 17.7. The van der Waals surface area contributed by atoms with Crippen molar-refractivity contribution in [1.29, 1.82) is 0 Å². The van der Waals surface area contributed by atoms with Gasteiger partial charge in [0.25, 0.3) is 0 Å². The van der Waals surface area contributed by atoms with Gasteiger partial charge < -0.3 is 5.11 Å². The van der Waals surface area contributed by atoms with Gasteiger partial charge in [-0.05, 0) is 78.5 Å². The van der Waals surface area contributed by atoms with E-state index in [-0.39, 0.29) is 17.2 Å². The van der Waals surface area contributed by atoms with Crippen molar-refractivity contribution < 1.29 is 9.50 Å². The van der Waals surface area contributed by atoms with Gasteiger partial charge in [-0.15, -0.1) is 0 Å². The van der Waals surface area contributed by atoms with Crippen molar-refractivity contribution in [3.8, 4) is 5.69 Å². The second kappa shape index (κ2) is 7.93. The van der Waals surface area contributed by atoms with E-state index in [9.17, 15) is 9.50 Å². The van der Waals surface area contributed by atoms with Crippen molar-refractivity contribution in [3.05, 3.63) is 95.1 Å². The highest BCUT2D eigenvalue weighted by atomic mass is 19.1. The zero-order chi connectivity index (χ0) is 21.4. The van der Waals surface area contributed by atoms with Gasteiger partial charge in [0, 0.05) is 0 Å². The van der Waals surface area contributed by atoms with Crippen LogP contribution in [-0.2, 0) is 6.42 Å². The molecule has 0 bridgehead atoms. The summed E-state index contributed by atoms with van der Waals surface area (Å²) in [7, 11) is 0. The normalized spacial score (nSPS) is 23.8. The summed E-state index contributed by atoms with van der Waals surface area (Å²) in [5, 5.41) is 15.7. The quantitative estimate of drug-likeness (QED) is 0.583. The minimum atomic E-state index is -0.498. The van der Waals surface area contributed by atoms with Crippen LogP contribution in [0.4, 0.5) is 4.39 Å². The molecular formula is C27H27FN2O. The highest BCUT2D eigenvalue weighted by Gasteiger charge is 2.45. The lowest BCUT2D eigenvalue weighted by atomic mass is 9.58. The Morgan fingerprint density at radius 1 is 1.16 bits per heavy atom. The van der Waals surface area contributed by atoms with Crippen LogP contribution in [0.3, 0.4) is 0 Å². The minimum Gasteiger partial charge on any atom is -0.389 e. The van der Waals surface area contributed by atoms with Crippen molar-refractivity contribution in [2.24, 2.45) is 11.3 Å². The molecule has 0 amide bonds. The monoisotopic (exact) mass is 414 g/mol. The molecule has 0 spiro atoms. The molecule has 31 heavy (non-hydrogen) atoms. The first-order valence-corrected chi connectivity index (χ1v) is 11.0. The molecule has 158 valence electrons. The molecule has 1 fully saturated rings. The molecule has 3 aromatic rings. The summed E-state index contributed by atoms with van der Waals surface area (Å²) in [5.74, 6) is -0.0850. The SMILES string of the molecule is C[C@]12Cc3cnn(-c4ccc(F)cc4)c3C=C1CCC[C@@H]2[C@@H](O)/C=C/c1ccccc1. The van der Waals surface area contributed by atoms with E-state index >= 15 is 0 Å². The molecule has 0 aliphatic heterocycles. The number of rotatable bonds is 4. The van der Waals surface area contributed by atoms with E-state index in [1.807, 2.05) is 53.4 Å². The van der Waals surface area contributed by atoms with Crippen LogP contribution in [0.15, 0.2) is 72.4 Å². The predicted octanol–water partition coefficient (Wildman–Crippen LogP) is 5.83. The van der Waals surface area contributed by atoms with Crippen LogP contribution < -0.4 is 0 Å². The molecule has 3 nitrogen and oxygen atoms in total. The molecular weight excluding hydrogens is 387 g/mol. The maximum atomic E-state index is 13.4. The van der Waals surface area contributed by atoms with Gasteiger partial charge in [-0.25, -0.2) is 9.07 Å². The number of aliphatic hydroxyl groups is 1. The lowest BCUT2D eigenvalue weighted by Crippen LogP contribution is -2.42. The number of hydrogen-bond acceptors (Lipinski definition) is 2. The van der Waals surface area contributed by atoms with Crippen LogP contribution in [0.25, 0.3) is 17.8 Å². The molecule has 4 heteroatoms. The van der Waals surface area contributed by atoms with E-state index < -0.39 is 6.10 Å². The third-order valence-electron chi connectivity index (χ3n) is 7.04. The number of nitrogens with zero attached hydrogens (tertiary/aromatic N) is 2. The number of hydrogen-bond donors (Lipinski definition) is 1. The van der Waals surface area contributed by atoms with Gasteiger partial charge in [0.05, 0.1) is 23.7 Å². The Balaban J connectivity index is 1.45. The summed E-state index contributed by atoms with van der Waals surface area (Å²) in [4.78, 5) is 0. The molecule has 0 unspecified atom stereocenters. The number of aliphatic hydroxyl groups excluding tert-OH is 1. The van der Waals surface area contributed by atoms with Crippen LogP contribution in [0, 0.1) is 17.2 Å². The molecule has 2 aliphatic carbocycles. The number of fused-ring (bicyclic) bond motifs is 2. The van der Waals surface area contributed by atoms with Gasteiger partial charge in [0.15, 0.2) is 0 Å². The van der Waals surface area contributed by atoms with Crippen LogP contribution >= 0.6 is 0 Å². The second-order valence-corrected chi connectivity index (χ2v) is 8.97. The van der Waals surface area contributed by atoms with Crippen molar-refractivity contribution in [1.82, 2.24) is 9.78 Å². The highest BCUT2D eigenvalue weighted by molar-refractivity contribution is 5.61. The van der Waals surface area contributed by atoms with Crippen molar-refractivity contribution >= 4 is 12.2 Å². The summed E-state index contributed by atoms with van der Waals surface area (Å²) in [5.41, 5.74) is 5.51. The van der Waals surface area contributed by atoms with Crippen LogP contribution in [-0.4, -0.2) is 21.0 Å². The van der Waals surface area contributed by atoms with Crippen LogP contribution in [0.2, 0.25) is 0 Å².